The van der Waals surface area contributed by atoms with Gasteiger partial charge in [-0.1, -0.05) is 40.7 Å². The van der Waals surface area contributed by atoms with E-state index in [1.807, 2.05) is 40.7 Å². The normalized spacial score (nSPS) is 44.6. The van der Waals surface area contributed by atoms with Crippen LogP contribution in [-0.2, 0) is 23.8 Å². The summed E-state index contributed by atoms with van der Waals surface area (Å²) in [4.78, 5) is 26.7. The monoisotopic (exact) mass is 547 g/mol. The smallest absolute Gasteiger partial charge is 0.309 e. The largest absolute Gasteiger partial charge is 0.459 e. The number of rotatable bonds is 4. The second-order valence-electron chi connectivity index (χ2n) is 13.9. The molecule has 39 heavy (non-hydrogen) atoms. The van der Waals surface area contributed by atoms with Gasteiger partial charge in [0.1, 0.15) is 11.7 Å². The Bertz CT molecular complexity index is 888. The molecule has 0 aromatic heterocycles. The van der Waals surface area contributed by atoms with E-state index in [1.54, 1.807) is 6.92 Å². The van der Waals surface area contributed by atoms with Gasteiger partial charge in [0.2, 0.25) is 5.91 Å². The van der Waals surface area contributed by atoms with Crippen molar-refractivity contribution in [3.63, 3.8) is 0 Å². The first-order valence-electron chi connectivity index (χ1n) is 15.5. The van der Waals surface area contributed by atoms with E-state index in [-0.39, 0.29) is 59.6 Å². The zero-order valence-electron chi connectivity index (χ0n) is 25.3. The number of hydrogen-bond donors (Lipinski definition) is 2. The highest BCUT2D eigenvalue weighted by molar-refractivity contribution is 5.78. The molecule has 2 saturated carbocycles. The van der Waals surface area contributed by atoms with Gasteiger partial charge >= 0.3 is 5.97 Å². The molecule has 2 saturated heterocycles. The third kappa shape index (κ3) is 6.56. The lowest BCUT2D eigenvalue weighted by atomic mass is 9.78. The van der Waals surface area contributed by atoms with Crippen LogP contribution >= 0.6 is 0 Å². The van der Waals surface area contributed by atoms with Gasteiger partial charge in [0.05, 0.1) is 17.6 Å². The van der Waals surface area contributed by atoms with E-state index in [9.17, 15) is 14.7 Å². The number of cyclic esters (lactones) is 1. The predicted octanol–water partition coefficient (Wildman–Crippen LogP) is 5.54. The first-order chi connectivity index (χ1) is 18.3. The van der Waals surface area contributed by atoms with Crippen LogP contribution in [0.3, 0.4) is 0 Å². The molecule has 0 aromatic rings. The number of carbonyl (C=O) groups is 2. The molecule has 4 fully saturated rings. The molecule has 3 unspecified atom stereocenters. The molecule has 2 aliphatic heterocycles. The van der Waals surface area contributed by atoms with Crippen LogP contribution in [0, 0.1) is 35.0 Å². The summed E-state index contributed by atoms with van der Waals surface area (Å²) in [6.07, 6.45) is 9.33. The molecule has 10 atom stereocenters. The highest BCUT2D eigenvalue weighted by Gasteiger charge is 2.60. The number of ether oxygens (including phenoxy) is 3. The van der Waals surface area contributed by atoms with Crippen molar-refractivity contribution in [2.45, 2.75) is 142 Å². The molecular formula is C32H53NO6. The molecule has 1 amide bonds. The molecule has 2 N–H and O–H groups in total. The molecule has 222 valence electrons. The average molecular weight is 548 g/mol. The Morgan fingerprint density at radius 2 is 1.77 bits per heavy atom. The Balaban J connectivity index is 1.59. The molecule has 4 rings (SSSR count). The van der Waals surface area contributed by atoms with E-state index in [2.05, 4.69) is 18.8 Å². The third-order valence-electron chi connectivity index (χ3n) is 10.8. The van der Waals surface area contributed by atoms with Crippen LogP contribution < -0.4 is 5.32 Å². The number of hydrogen-bond acceptors (Lipinski definition) is 6. The SMILES string of the molecule is C=CC1C(C)C(=O)O[C@H](CC)[C@@](C)(O)C(C)[C@@H](C)NC(=O)[C@H](C)CC[C@H](O[C@H]2CC3(CC3)CC3(CC3)O2)[C@H]1C. The van der Waals surface area contributed by atoms with Crippen LogP contribution in [0.4, 0.5) is 0 Å². The number of nitrogens with one attached hydrogen (secondary N) is 1. The fourth-order valence-corrected chi connectivity index (χ4v) is 7.17. The topological polar surface area (TPSA) is 94.1 Å². The van der Waals surface area contributed by atoms with E-state index in [1.165, 1.54) is 12.8 Å². The fraction of sp³-hybridized carbons (Fsp3) is 0.875. The van der Waals surface area contributed by atoms with Crippen LogP contribution in [0.2, 0.25) is 0 Å². The summed E-state index contributed by atoms with van der Waals surface area (Å²) >= 11 is 0. The van der Waals surface area contributed by atoms with E-state index in [0.29, 0.717) is 24.7 Å². The number of amides is 1. The van der Waals surface area contributed by atoms with E-state index < -0.39 is 17.6 Å². The van der Waals surface area contributed by atoms with Gasteiger partial charge in [-0.25, -0.2) is 0 Å². The van der Waals surface area contributed by atoms with Crippen molar-refractivity contribution in [2.24, 2.45) is 35.0 Å². The second kappa shape index (κ2) is 11.4. The van der Waals surface area contributed by atoms with Gasteiger partial charge < -0.3 is 24.6 Å². The number of carbonyl (C=O) groups excluding carboxylic acids is 2. The van der Waals surface area contributed by atoms with Crippen molar-refractivity contribution in [2.75, 3.05) is 0 Å². The van der Waals surface area contributed by atoms with Crippen LogP contribution in [0.1, 0.15) is 106 Å². The van der Waals surface area contributed by atoms with E-state index in [4.69, 9.17) is 14.2 Å². The summed E-state index contributed by atoms with van der Waals surface area (Å²) in [5.74, 6) is -1.61. The Labute approximate surface area is 235 Å². The van der Waals surface area contributed by atoms with Crippen LogP contribution in [-0.4, -0.2) is 52.7 Å². The summed E-state index contributed by atoms with van der Waals surface area (Å²) in [5.41, 5.74) is -0.927. The van der Waals surface area contributed by atoms with E-state index in [0.717, 1.165) is 25.7 Å². The van der Waals surface area contributed by atoms with Gasteiger partial charge in [-0.2, -0.15) is 0 Å². The minimum absolute atomic E-state index is 0.00348. The van der Waals surface area contributed by atoms with Crippen LogP contribution in [0.5, 0.6) is 0 Å². The predicted molar refractivity (Wildman–Crippen MR) is 151 cm³/mol. The second-order valence-corrected chi connectivity index (χ2v) is 13.9. The Morgan fingerprint density at radius 1 is 1.10 bits per heavy atom. The fourth-order valence-electron chi connectivity index (χ4n) is 7.17. The van der Waals surface area contributed by atoms with Gasteiger partial charge in [0.25, 0.3) is 0 Å². The summed E-state index contributed by atoms with van der Waals surface area (Å²) in [6, 6.07) is -0.294. The summed E-state index contributed by atoms with van der Waals surface area (Å²) in [5, 5.41) is 14.6. The van der Waals surface area contributed by atoms with Crippen molar-refractivity contribution >= 4 is 11.9 Å². The first-order valence-corrected chi connectivity index (χ1v) is 15.5. The lowest BCUT2D eigenvalue weighted by Crippen LogP contribution is -2.55. The zero-order chi connectivity index (χ0) is 28.8. The van der Waals surface area contributed by atoms with Crippen molar-refractivity contribution < 1.29 is 28.9 Å². The molecule has 2 spiro atoms. The van der Waals surface area contributed by atoms with Crippen LogP contribution in [0.25, 0.3) is 0 Å². The lowest BCUT2D eigenvalue weighted by molar-refractivity contribution is -0.248. The highest BCUT2D eigenvalue weighted by Crippen LogP contribution is 2.64. The van der Waals surface area contributed by atoms with Gasteiger partial charge in [-0.15, -0.1) is 6.58 Å². The van der Waals surface area contributed by atoms with Crippen molar-refractivity contribution in [3.05, 3.63) is 12.7 Å². The zero-order valence-corrected chi connectivity index (χ0v) is 25.3. The molecule has 2 aliphatic carbocycles. The molecule has 0 bridgehead atoms. The standard InChI is InChI=1S/C32H53NO6/c1-9-24-20(4)25(37-27-17-31(13-14-31)18-32(39-27)15-16-32)12-11-19(3)28(34)33-23(7)22(6)30(8,36)26(10-2)38-29(35)21(24)5/h9,19-27,36H,1,10-18H2,2-8H3,(H,33,34)/t19-,20+,21?,22?,23-,24?,25+,26-,27-,30+/m1/s1. The van der Waals surface area contributed by atoms with Gasteiger partial charge in [0.15, 0.2) is 6.29 Å². The maximum Gasteiger partial charge on any atom is 0.309 e. The molecule has 4 aliphatic rings. The maximum atomic E-state index is 13.5. The molecule has 7 heteroatoms. The molecule has 2 heterocycles. The minimum atomic E-state index is -1.31. The van der Waals surface area contributed by atoms with Crippen molar-refractivity contribution in [1.82, 2.24) is 5.32 Å². The van der Waals surface area contributed by atoms with Crippen LogP contribution in [0.15, 0.2) is 12.7 Å². The number of esters is 1. The summed E-state index contributed by atoms with van der Waals surface area (Å²) in [6.45, 7) is 17.5. The Hall–Kier alpha value is -1.44. The van der Waals surface area contributed by atoms with Crippen molar-refractivity contribution in [1.29, 1.82) is 0 Å². The molecular weight excluding hydrogens is 494 g/mol. The summed E-state index contributed by atoms with van der Waals surface area (Å²) < 4.78 is 19.3. The summed E-state index contributed by atoms with van der Waals surface area (Å²) in [7, 11) is 0. The minimum Gasteiger partial charge on any atom is -0.459 e. The lowest BCUT2D eigenvalue weighted by Gasteiger charge is -2.41. The average Bonchev–Trinajstić information content (AvgIpc) is 3.82. The molecule has 0 aromatic carbocycles. The maximum absolute atomic E-state index is 13.5. The number of aliphatic hydroxyl groups is 1. The van der Waals surface area contributed by atoms with Gasteiger partial charge in [0, 0.05) is 24.3 Å². The van der Waals surface area contributed by atoms with Gasteiger partial charge in [-0.05, 0) is 82.5 Å². The third-order valence-corrected chi connectivity index (χ3v) is 10.8. The number of allylic oxidation sites excluding steroid dienone is 1. The molecule has 7 nitrogen and oxygen atoms in total. The highest BCUT2D eigenvalue weighted by atomic mass is 16.7. The molecule has 0 radical (unpaired) electrons. The Morgan fingerprint density at radius 3 is 2.33 bits per heavy atom. The van der Waals surface area contributed by atoms with Gasteiger partial charge in [-0.3, -0.25) is 9.59 Å². The van der Waals surface area contributed by atoms with E-state index >= 15 is 0 Å². The van der Waals surface area contributed by atoms with Crippen molar-refractivity contribution in [3.8, 4) is 0 Å². The quantitative estimate of drug-likeness (QED) is 0.355. The Kier molecular flexibility index (Phi) is 8.95. The first kappa shape index (κ1) is 30.5.